The van der Waals surface area contributed by atoms with Gasteiger partial charge in [0.05, 0.1) is 26.1 Å². The highest BCUT2D eigenvalue weighted by Crippen LogP contribution is 2.23. The Morgan fingerprint density at radius 1 is 0.696 bits per heavy atom. The number of nitro groups is 3. The van der Waals surface area contributed by atoms with Crippen molar-refractivity contribution in [3.63, 3.8) is 0 Å². The summed E-state index contributed by atoms with van der Waals surface area (Å²) in [5, 5.41) is 40.0. The summed E-state index contributed by atoms with van der Waals surface area (Å²) in [5.41, 5.74) is 27.0. The molecule has 248 valence electrons. The number of carbonyl (C=O) groups is 1. The molecule has 0 saturated heterocycles. The van der Waals surface area contributed by atoms with Gasteiger partial charge in [0.15, 0.2) is 0 Å². The lowest BCUT2D eigenvalue weighted by atomic mass is 10.2. The molecule has 19 heteroatoms. The van der Waals surface area contributed by atoms with E-state index in [-0.39, 0.29) is 40.8 Å². The number of phenolic OH excluding ortho intramolecular Hbond substituents is 1. The fraction of sp³-hybridized carbons (Fsp3) is 0.0741. The number of hydrogen-bond acceptors (Lipinski definition) is 13. The second-order valence-electron chi connectivity index (χ2n) is 8.20. The summed E-state index contributed by atoms with van der Waals surface area (Å²) < 4.78 is 0. The molecule has 2 amide bonds. The number of aromatic hydroxyl groups is 1. The number of halogens is 1. The number of primary amides is 1. The van der Waals surface area contributed by atoms with Crippen LogP contribution in [0.2, 0.25) is 0 Å². The molecule has 0 fully saturated rings. The minimum atomic E-state index is -0.595. The van der Waals surface area contributed by atoms with Gasteiger partial charge in [0, 0.05) is 42.6 Å². The van der Waals surface area contributed by atoms with Crippen LogP contribution in [0, 0.1) is 30.3 Å². The van der Waals surface area contributed by atoms with Crippen LogP contribution in [0.4, 0.5) is 44.6 Å². The predicted molar refractivity (Wildman–Crippen MR) is 178 cm³/mol. The first-order chi connectivity index (χ1) is 21.1. The molecule has 0 saturated carbocycles. The first-order valence-electron chi connectivity index (χ1n) is 12.4. The van der Waals surface area contributed by atoms with Gasteiger partial charge in [-0.05, 0) is 37.3 Å². The largest absolute Gasteiger partial charge is 0.508 e. The van der Waals surface area contributed by atoms with Crippen molar-refractivity contribution in [3.8, 4) is 5.75 Å². The Hall–Kier alpha value is -6.40. The number of phenols is 1. The topological polar surface area (TPSA) is 326 Å². The number of nitrogens with two attached hydrogens (primary N) is 6. The number of amides is 2. The van der Waals surface area contributed by atoms with Crippen molar-refractivity contribution < 1.29 is 24.7 Å². The SMILES string of the molecule is CCN(N)C(N)=O.Cl.Nc1ccc(N)c([N+](=O)[O-])c1.Nc1ccc([N+](=O)[O-])cc1N.O=[N+]([O-])c1ccccc1.Oc1ccccc1. The molecule has 4 aromatic carbocycles. The zero-order valence-electron chi connectivity index (χ0n) is 24.4. The molecule has 46 heavy (non-hydrogen) atoms. The number of hydrazine groups is 1. The summed E-state index contributed by atoms with van der Waals surface area (Å²) in [6.45, 7) is 2.19. The number of non-ortho nitro benzene ring substituents is 2. The van der Waals surface area contributed by atoms with Gasteiger partial charge in [0.25, 0.3) is 17.1 Å². The Morgan fingerprint density at radius 2 is 1.17 bits per heavy atom. The lowest BCUT2D eigenvalue weighted by Gasteiger charge is -2.07. The summed E-state index contributed by atoms with van der Waals surface area (Å²) in [5.74, 6) is 5.30. The van der Waals surface area contributed by atoms with Gasteiger partial charge >= 0.3 is 6.03 Å². The lowest BCUT2D eigenvalue weighted by molar-refractivity contribution is -0.385. The third kappa shape index (κ3) is 17.5. The molecule has 0 aliphatic heterocycles. The highest BCUT2D eigenvalue weighted by Gasteiger charge is 2.10. The molecule has 0 atom stereocenters. The molecule has 0 heterocycles. The number of benzene rings is 4. The van der Waals surface area contributed by atoms with Gasteiger partial charge in [-0.3, -0.25) is 35.4 Å². The third-order valence-electron chi connectivity index (χ3n) is 4.88. The number of hydrogen-bond donors (Lipinski definition) is 7. The van der Waals surface area contributed by atoms with Crippen molar-refractivity contribution in [2.45, 2.75) is 6.92 Å². The molecule has 13 N–H and O–H groups in total. The zero-order chi connectivity index (χ0) is 34.5. The summed E-state index contributed by atoms with van der Waals surface area (Å²) in [6.07, 6.45) is 0. The average Bonchev–Trinajstić information content (AvgIpc) is 3.01. The maximum Gasteiger partial charge on any atom is 0.328 e. The Morgan fingerprint density at radius 3 is 1.48 bits per heavy atom. The Kier molecular flexibility index (Phi) is 20.1. The summed E-state index contributed by atoms with van der Waals surface area (Å²) in [4.78, 5) is 38.9. The Balaban J connectivity index is 0. The van der Waals surface area contributed by atoms with E-state index in [9.17, 15) is 35.1 Å². The first-order valence-corrected chi connectivity index (χ1v) is 12.4. The van der Waals surface area contributed by atoms with E-state index in [0.29, 0.717) is 23.7 Å². The zero-order valence-corrected chi connectivity index (χ0v) is 25.2. The molecule has 18 nitrogen and oxygen atoms in total. The highest BCUT2D eigenvalue weighted by atomic mass is 35.5. The lowest BCUT2D eigenvalue weighted by Crippen LogP contribution is -2.40. The Bertz CT molecular complexity index is 1530. The van der Waals surface area contributed by atoms with E-state index in [0.717, 1.165) is 5.01 Å². The number of para-hydroxylation sites is 2. The van der Waals surface area contributed by atoms with E-state index in [2.05, 4.69) is 0 Å². The van der Waals surface area contributed by atoms with Crippen LogP contribution in [0.3, 0.4) is 0 Å². The van der Waals surface area contributed by atoms with Gasteiger partial charge < -0.3 is 33.8 Å². The number of nitrogen functional groups attached to an aromatic ring is 4. The highest BCUT2D eigenvalue weighted by molar-refractivity contribution is 5.85. The van der Waals surface area contributed by atoms with E-state index < -0.39 is 20.8 Å². The van der Waals surface area contributed by atoms with Gasteiger partial charge in [-0.25, -0.2) is 10.6 Å². The molecule has 4 rings (SSSR count). The van der Waals surface area contributed by atoms with Crippen LogP contribution in [0.15, 0.2) is 97.1 Å². The van der Waals surface area contributed by atoms with E-state index >= 15 is 0 Å². The maximum atomic E-state index is 10.2. The van der Waals surface area contributed by atoms with Crippen molar-refractivity contribution >= 4 is 58.2 Å². The van der Waals surface area contributed by atoms with Crippen LogP contribution in [0.5, 0.6) is 5.75 Å². The van der Waals surface area contributed by atoms with Gasteiger partial charge in [0.2, 0.25) is 0 Å². The van der Waals surface area contributed by atoms with Crippen molar-refractivity contribution in [2.24, 2.45) is 11.6 Å². The molecular weight excluding hydrogens is 628 g/mol. The third-order valence-corrected chi connectivity index (χ3v) is 4.88. The summed E-state index contributed by atoms with van der Waals surface area (Å²) in [7, 11) is 0. The van der Waals surface area contributed by atoms with E-state index in [1.165, 1.54) is 48.5 Å². The van der Waals surface area contributed by atoms with Crippen molar-refractivity contribution in [2.75, 3.05) is 29.5 Å². The van der Waals surface area contributed by atoms with Crippen molar-refractivity contribution in [1.82, 2.24) is 5.01 Å². The number of nitrogens with zero attached hydrogens (tertiary/aromatic N) is 4. The molecule has 4 aromatic rings. The number of nitro benzene ring substituents is 3. The molecular formula is C27H35ClN10O8. The van der Waals surface area contributed by atoms with E-state index in [4.69, 9.17) is 39.6 Å². The van der Waals surface area contributed by atoms with Gasteiger partial charge in [-0.1, -0.05) is 36.4 Å². The van der Waals surface area contributed by atoms with Gasteiger partial charge in [-0.15, -0.1) is 12.4 Å². The number of rotatable bonds is 4. The van der Waals surface area contributed by atoms with Crippen LogP contribution in [0.1, 0.15) is 6.92 Å². The average molecular weight is 663 g/mol. The van der Waals surface area contributed by atoms with Crippen molar-refractivity contribution in [3.05, 3.63) is 127 Å². The number of urea groups is 1. The molecule has 0 aromatic heterocycles. The normalized spacial score (nSPS) is 8.83. The molecule has 0 aliphatic rings. The van der Waals surface area contributed by atoms with Gasteiger partial charge in [0.1, 0.15) is 11.4 Å². The fourth-order valence-corrected chi connectivity index (χ4v) is 2.53. The van der Waals surface area contributed by atoms with Crippen LogP contribution >= 0.6 is 12.4 Å². The van der Waals surface area contributed by atoms with E-state index in [1.54, 1.807) is 49.4 Å². The quantitative estimate of drug-likeness (QED) is 0.0530. The standard InChI is InChI=1S/2C6H7N3O2.C6H5NO2.C6H6O.C3H9N3O.ClH/c7-5-2-1-4(9(10)11)3-6(5)8;7-4-1-2-5(8)6(3-4)9(10)11;8-7(9)6-4-2-1-3-5-6;7-6-4-2-1-3-5-6;1-2-6(5)3(4)7;/h2*1-3H,7-8H2;1-5H;1-5,7H;2,5H2,1H3,(H2,4,7);1H. The van der Waals surface area contributed by atoms with E-state index in [1.807, 2.05) is 6.07 Å². The minimum absolute atomic E-state index is 0. The van der Waals surface area contributed by atoms with Crippen LogP contribution < -0.4 is 34.5 Å². The molecule has 0 unspecified atom stereocenters. The summed E-state index contributed by atoms with van der Waals surface area (Å²) in [6, 6.07) is 24.2. The molecule has 0 radical (unpaired) electrons. The molecule has 0 bridgehead atoms. The van der Waals surface area contributed by atoms with Crippen LogP contribution in [0.25, 0.3) is 0 Å². The predicted octanol–water partition coefficient (Wildman–Crippen LogP) is 4.19. The first kappa shape index (κ1) is 41.7. The second kappa shape index (κ2) is 22.2. The minimum Gasteiger partial charge on any atom is -0.508 e. The Labute approximate surface area is 269 Å². The fourth-order valence-electron chi connectivity index (χ4n) is 2.53. The monoisotopic (exact) mass is 662 g/mol. The molecule has 0 spiro atoms. The van der Waals surface area contributed by atoms with Gasteiger partial charge in [-0.2, -0.15) is 0 Å². The van der Waals surface area contributed by atoms with Crippen molar-refractivity contribution in [1.29, 1.82) is 0 Å². The number of anilines is 4. The smallest absolute Gasteiger partial charge is 0.328 e. The molecule has 0 aliphatic carbocycles. The van der Waals surface area contributed by atoms with Crippen LogP contribution in [-0.4, -0.2) is 37.5 Å². The second-order valence-corrected chi connectivity index (χ2v) is 8.20. The van der Waals surface area contributed by atoms with Crippen LogP contribution in [-0.2, 0) is 0 Å². The number of carbonyl (C=O) groups excluding carboxylic acids is 1. The summed E-state index contributed by atoms with van der Waals surface area (Å²) >= 11 is 0. The maximum absolute atomic E-state index is 10.2.